The molecule has 1 aromatic carbocycles. The van der Waals surface area contributed by atoms with Gasteiger partial charge in [0.1, 0.15) is 10.7 Å². The highest BCUT2D eigenvalue weighted by molar-refractivity contribution is 7.18. The number of aryl methyl sites for hydroxylation is 3. The van der Waals surface area contributed by atoms with Crippen LogP contribution in [-0.2, 0) is 33.6 Å². The number of nitrogens with one attached hydrogen (secondary N) is 2. The zero-order valence-electron chi connectivity index (χ0n) is 16.4. The maximum atomic E-state index is 12.5. The lowest BCUT2D eigenvalue weighted by Gasteiger charge is -2.10. The molecular weight excluding hydrogens is 461 g/mol. The summed E-state index contributed by atoms with van der Waals surface area (Å²) in [5.41, 5.74) is 1.22. The van der Waals surface area contributed by atoms with Crippen molar-refractivity contribution < 1.29 is 14.3 Å². The van der Waals surface area contributed by atoms with E-state index in [4.69, 9.17) is 27.9 Å². The lowest BCUT2D eigenvalue weighted by molar-refractivity contribution is -0.147. The van der Waals surface area contributed by atoms with Crippen molar-refractivity contribution in [3.8, 4) is 0 Å². The summed E-state index contributed by atoms with van der Waals surface area (Å²) in [6, 6.07) is 4.83. The molecule has 162 valence electrons. The second-order valence-corrected chi connectivity index (χ2v) is 9.11. The van der Waals surface area contributed by atoms with E-state index in [1.54, 1.807) is 29.5 Å². The van der Waals surface area contributed by atoms with E-state index < -0.39 is 18.5 Å². The topological polar surface area (TPSA) is 101 Å². The minimum Gasteiger partial charge on any atom is -0.456 e. The lowest BCUT2D eigenvalue weighted by atomic mass is 9.97. The number of aromatic amines is 1. The fourth-order valence-electron chi connectivity index (χ4n) is 3.56. The summed E-state index contributed by atoms with van der Waals surface area (Å²) in [7, 11) is 0. The number of H-pyrrole nitrogens is 1. The number of benzene rings is 1. The SMILES string of the molecule is O=C(COC(=O)CCc1nc2sc3c(c2c(=O)[nH]1)CCCC3)Nc1c(Cl)cccc1Cl. The molecule has 0 unspecified atom stereocenters. The third kappa shape index (κ3) is 4.92. The van der Waals surface area contributed by atoms with Gasteiger partial charge in [0.15, 0.2) is 6.61 Å². The Bertz CT molecular complexity index is 1200. The Labute approximate surface area is 191 Å². The minimum atomic E-state index is -0.575. The predicted octanol–water partition coefficient (Wildman–Crippen LogP) is 4.28. The molecule has 1 aliphatic rings. The Hall–Kier alpha value is -2.42. The van der Waals surface area contributed by atoms with Crippen LogP contribution in [0.2, 0.25) is 10.0 Å². The van der Waals surface area contributed by atoms with Crippen molar-refractivity contribution in [2.45, 2.75) is 38.5 Å². The zero-order valence-corrected chi connectivity index (χ0v) is 18.8. The van der Waals surface area contributed by atoms with Crippen LogP contribution in [0.25, 0.3) is 10.2 Å². The number of anilines is 1. The van der Waals surface area contributed by atoms with Crippen LogP contribution in [0.4, 0.5) is 5.69 Å². The number of halogens is 2. The van der Waals surface area contributed by atoms with Gasteiger partial charge >= 0.3 is 5.97 Å². The van der Waals surface area contributed by atoms with Crippen molar-refractivity contribution in [3.05, 3.63) is 54.9 Å². The lowest BCUT2D eigenvalue weighted by Crippen LogP contribution is -2.21. The number of hydrogen-bond donors (Lipinski definition) is 2. The van der Waals surface area contributed by atoms with Crippen LogP contribution in [0.3, 0.4) is 0 Å². The minimum absolute atomic E-state index is 0.0142. The molecule has 0 radical (unpaired) electrons. The number of thiophene rings is 1. The van der Waals surface area contributed by atoms with Crippen molar-refractivity contribution in [1.29, 1.82) is 0 Å². The number of amides is 1. The molecule has 10 heteroatoms. The number of esters is 1. The summed E-state index contributed by atoms with van der Waals surface area (Å²) >= 11 is 13.6. The molecule has 0 aliphatic heterocycles. The first-order chi connectivity index (χ1) is 14.9. The largest absolute Gasteiger partial charge is 0.456 e. The molecule has 0 fully saturated rings. The molecule has 0 spiro atoms. The first kappa shape index (κ1) is 21.8. The van der Waals surface area contributed by atoms with Crippen LogP contribution in [-0.4, -0.2) is 28.5 Å². The van der Waals surface area contributed by atoms with Gasteiger partial charge in [0.25, 0.3) is 11.5 Å². The van der Waals surface area contributed by atoms with Gasteiger partial charge < -0.3 is 15.0 Å². The van der Waals surface area contributed by atoms with E-state index in [1.807, 2.05) is 0 Å². The second-order valence-electron chi connectivity index (χ2n) is 7.21. The Morgan fingerprint density at radius 3 is 2.71 bits per heavy atom. The monoisotopic (exact) mass is 479 g/mol. The Kier molecular flexibility index (Phi) is 6.60. The van der Waals surface area contributed by atoms with Gasteiger partial charge in [-0.3, -0.25) is 14.4 Å². The summed E-state index contributed by atoms with van der Waals surface area (Å²) in [4.78, 5) is 45.9. The number of aromatic nitrogens is 2. The highest BCUT2D eigenvalue weighted by atomic mass is 35.5. The molecule has 2 heterocycles. The maximum absolute atomic E-state index is 12.5. The van der Waals surface area contributed by atoms with Crippen molar-refractivity contribution in [2.75, 3.05) is 11.9 Å². The summed E-state index contributed by atoms with van der Waals surface area (Å²) < 4.78 is 5.01. The van der Waals surface area contributed by atoms with Gasteiger partial charge in [-0.1, -0.05) is 29.3 Å². The molecule has 1 aliphatic carbocycles. The van der Waals surface area contributed by atoms with Gasteiger partial charge in [-0.25, -0.2) is 4.98 Å². The molecule has 2 N–H and O–H groups in total. The van der Waals surface area contributed by atoms with Gasteiger partial charge in [-0.2, -0.15) is 0 Å². The summed E-state index contributed by atoms with van der Waals surface area (Å²) in [5.74, 6) is -0.700. The highest BCUT2D eigenvalue weighted by Gasteiger charge is 2.20. The van der Waals surface area contributed by atoms with E-state index in [1.165, 1.54) is 4.88 Å². The van der Waals surface area contributed by atoms with Gasteiger partial charge in [0.05, 0.1) is 27.5 Å². The number of ether oxygens (including phenoxy) is 1. The number of carbonyl (C=O) groups excluding carboxylic acids is 2. The molecule has 7 nitrogen and oxygen atoms in total. The number of nitrogens with zero attached hydrogens (tertiary/aromatic N) is 1. The van der Waals surface area contributed by atoms with Gasteiger partial charge in [0, 0.05) is 11.3 Å². The number of hydrogen-bond acceptors (Lipinski definition) is 6. The molecule has 0 saturated heterocycles. The zero-order chi connectivity index (χ0) is 22.0. The standard InChI is InChI=1S/C21H19Cl2N3O4S/c22-12-5-3-6-13(23)19(12)26-16(27)10-30-17(28)9-8-15-24-20(29)18-11-4-1-2-7-14(11)31-21(18)25-15/h3,5-6H,1-2,4,7-10H2,(H,26,27)(H,24,25,29). The van der Waals surface area contributed by atoms with Crippen LogP contribution >= 0.6 is 34.5 Å². The second kappa shape index (κ2) is 9.38. The number of fused-ring (bicyclic) bond motifs is 3. The van der Waals surface area contributed by atoms with E-state index in [9.17, 15) is 14.4 Å². The molecule has 4 rings (SSSR count). The molecule has 0 bridgehead atoms. The quantitative estimate of drug-likeness (QED) is 0.513. The summed E-state index contributed by atoms with van der Waals surface area (Å²) in [6.45, 7) is -0.471. The van der Waals surface area contributed by atoms with E-state index in [-0.39, 0.29) is 34.1 Å². The number of para-hydroxylation sites is 1. The van der Waals surface area contributed by atoms with Gasteiger partial charge in [0.2, 0.25) is 0 Å². The first-order valence-electron chi connectivity index (χ1n) is 9.85. The third-order valence-electron chi connectivity index (χ3n) is 5.03. The normalized spacial score (nSPS) is 13.1. The van der Waals surface area contributed by atoms with Crippen LogP contribution in [0, 0.1) is 0 Å². The number of rotatable bonds is 6. The van der Waals surface area contributed by atoms with Crippen LogP contribution in [0.1, 0.15) is 35.5 Å². The first-order valence-corrected chi connectivity index (χ1v) is 11.4. The Morgan fingerprint density at radius 2 is 1.94 bits per heavy atom. The van der Waals surface area contributed by atoms with E-state index in [0.29, 0.717) is 11.2 Å². The van der Waals surface area contributed by atoms with E-state index in [2.05, 4.69) is 15.3 Å². The van der Waals surface area contributed by atoms with Gasteiger partial charge in [-0.05, 0) is 43.4 Å². The van der Waals surface area contributed by atoms with Crippen LogP contribution in [0.15, 0.2) is 23.0 Å². The summed E-state index contributed by atoms with van der Waals surface area (Å²) in [6.07, 6.45) is 4.31. The summed E-state index contributed by atoms with van der Waals surface area (Å²) in [5, 5.41) is 3.77. The Balaban J connectivity index is 1.33. The van der Waals surface area contributed by atoms with E-state index >= 15 is 0 Å². The fourth-order valence-corrected chi connectivity index (χ4v) is 5.33. The van der Waals surface area contributed by atoms with Crippen molar-refractivity contribution >= 4 is 62.3 Å². The van der Waals surface area contributed by atoms with Crippen molar-refractivity contribution in [1.82, 2.24) is 9.97 Å². The van der Waals surface area contributed by atoms with Crippen molar-refractivity contribution in [2.24, 2.45) is 0 Å². The van der Waals surface area contributed by atoms with Crippen LogP contribution in [0.5, 0.6) is 0 Å². The van der Waals surface area contributed by atoms with Crippen LogP contribution < -0.4 is 10.9 Å². The average Bonchev–Trinajstić information content (AvgIpc) is 3.12. The molecule has 0 atom stereocenters. The third-order valence-corrected chi connectivity index (χ3v) is 6.85. The van der Waals surface area contributed by atoms with Gasteiger partial charge in [-0.15, -0.1) is 11.3 Å². The Morgan fingerprint density at radius 1 is 1.19 bits per heavy atom. The average molecular weight is 480 g/mol. The van der Waals surface area contributed by atoms with E-state index in [0.717, 1.165) is 36.1 Å². The fraction of sp³-hybridized carbons (Fsp3) is 0.333. The number of carbonyl (C=O) groups is 2. The molecule has 1 amide bonds. The molecular formula is C21H19Cl2N3O4S. The molecule has 2 aromatic heterocycles. The molecule has 3 aromatic rings. The molecule has 0 saturated carbocycles. The predicted molar refractivity (Wildman–Crippen MR) is 121 cm³/mol. The highest BCUT2D eigenvalue weighted by Crippen LogP contribution is 2.33. The maximum Gasteiger partial charge on any atom is 0.306 e. The molecule has 31 heavy (non-hydrogen) atoms. The van der Waals surface area contributed by atoms with Crippen molar-refractivity contribution in [3.63, 3.8) is 0 Å². The smallest absolute Gasteiger partial charge is 0.306 e.